The fourth-order valence-corrected chi connectivity index (χ4v) is 3.69. The van der Waals surface area contributed by atoms with Crippen LogP contribution in [0.5, 0.6) is 0 Å². The van der Waals surface area contributed by atoms with Crippen molar-refractivity contribution < 1.29 is 9.18 Å². The third-order valence-electron chi connectivity index (χ3n) is 5.16. The average molecular weight is 409 g/mol. The van der Waals surface area contributed by atoms with Crippen LogP contribution in [0.1, 0.15) is 21.6 Å². The Labute approximate surface area is 170 Å². The van der Waals surface area contributed by atoms with Gasteiger partial charge in [-0.05, 0) is 43.2 Å². The highest BCUT2D eigenvalue weighted by Gasteiger charge is 2.17. The molecule has 0 radical (unpaired) electrons. The Hall–Kier alpha value is -3.75. The topological polar surface area (TPSA) is 102 Å². The summed E-state index contributed by atoms with van der Waals surface area (Å²) in [7, 11) is 3.36. The molecule has 0 atom stereocenters. The molecule has 4 aromatic rings. The molecule has 0 bridgehead atoms. The van der Waals surface area contributed by atoms with Gasteiger partial charge in [-0.3, -0.25) is 19.1 Å². The van der Waals surface area contributed by atoms with Crippen LogP contribution in [0.3, 0.4) is 0 Å². The number of aromatic amines is 1. The monoisotopic (exact) mass is 409 g/mol. The third-order valence-corrected chi connectivity index (χ3v) is 5.16. The van der Waals surface area contributed by atoms with Crippen molar-refractivity contribution in [2.24, 2.45) is 14.1 Å². The predicted octanol–water partition coefficient (Wildman–Crippen LogP) is 1.53. The van der Waals surface area contributed by atoms with Gasteiger partial charge >= 0.3 is 5.69 Å². The molecule has 0 saturated carbocycles. The van der Waals surface area contributed by atoms with Crippen molar-refractivity contribution >= 4 is 27.8 Å². The minimum atomic E-state index is -0.657. The standard InChI is InChI=1S/C21H20FN5O3/c1-11-8-15(17-18(24-11)27(3)21(30)25-20(17)29)19(28)23-7-6-12-10-26(2)16-5-4-13(22)9-14(12)16/h4-5,8-10H,6-7H2,1-3H3,(H,23,28)(H,25,29,30). The first-order valence-electron chi connectivity index (χ1n) is 9.38. The molecule has 2 N–H and O–H groups in total. The van der Waals surface area contributed by atoms with Gasteiger partial charge in [0.1, 0.15) is 11.5 Å². The molecule has 30 heavy (non-hydrogen) atoms. The van der Waals surface area contributed by atoms with Gasteiger partial charge in [-0.2, -0.15) is 0 Å². The number of amides is 1. The van der Waals surface area contributed by atoms with Gasteiger partial charge in [0.2, 0.25) is 0 Å². The van der Waals surface area contributed by atoms with Crippen LogP contribution >= 0.6 is 0 Å². The maximum absolute atomic E-state index is 13.6. The van der Waals surface area contributed by atoms with Crippen LogP contribution in [0.25, 0.3) is 21.9 Å². The zero-order valence-electron chi connectivity index (χ0n) is 16.7. The number of nitrogens with one attached hydrogen (secondary N) is 2. The number of aryl methyl sites for hydroxylation is 3. The van der Waals surface area contributed by atoms with Gasteiger partial charge in [-0.15, -0.1) is 0 Å². The van der Waals surface area contributed by atoms with E-state index in [-0.39, 0.29) is 22.4 Å². The molecule has 0 spiro atoms. The molecule has 0 aliphatic rings. The van der Waals surface area contributed by atoms with Crippen LogP contribution in [0, 0.1) is 12.7 Å². The number of hydrogen-bond acceptors (Lipinski definition) is 4. The summed E-state index contributed by atoms with van der Waals surface area (Å²) in [6, 6.07) is 6.13. The maximum Gasteiger partial charge on any atom is 0.329 e. The number of carbonyl (C=O) groups excluding carboxylic acids is 1. The Morgan fingerprint density at radius 2 is 2.00 bits per heavy atom. The van der Waals surface area contributed by atoms with Gasteiger partial charge in [-0.1, -0.05) is 0 Å². The Morgan fingerprint density at radius 1 is 1.23 bits per heavy atom. The van der Waals surface area contributed by atoms with E-state index in [1.807, 2.05) is 17.8 Å². The lowest BCUT2D eigenvalue weighted by atomic mass is 10.1. The molecule has 0 saturated heterocycles. The Morgan fingerprint density at radius 3 is 2.77 bits per heavy atom. The molecular formula is C21H20FN5O3. The van der Waals surface area contributed by atoms with Gasteiger partial charge in [0.15, 0.2) is 0 Å². The predicted molar refractivity (Wildman–Crippen MR) is 111 cm³/mol. The summed E-state index contributed by atoms with van der Waals surface area (Å²) in [5.41, 5.74) is 1.37. The quantitative estimate of drug-likeness (QED) is 0.534. The number of carbonyl (C=O) groups is 1. The fourth-order valence-electron chi connectivity index (χ4n) is 3.69. The van der Waals surface area contributed by atoms with Gasteiger partial charge in [0, 0.05) is 43.4 Å². The zero-order valence-corrected chi connectivity index (χ0v) is 16.7. The van der Waals surface area contributed by atoms with Crippen molar-refractivity contribution in [1.82, 2.24) is 24.4 Å². The number of nitrogens with zero attached hydrogens (tertiary/aromatic N) is 3. The van der Waals surface area contributed by atoms with Crippen LogP contribution < -0.4 is 16.6 Å². The molecule has 0 aliphatic carbocycles. The SMILES string of the molecule is Cc1cc(C(=O)NCCc2cn(C)c3ccc(F)cc23)c2c(=O)[nH]c(=O)n(C)c2n1. The van der Waals surface area contributed by atoms with E-state index in [0.717, 1.165) is 16.5 Å². The summed E-state index contributed by atoms with van der Waals surface area (Å²) >= 11 is 0. The normalized spacial score (nSPS) is 11.3. The molecule has 9 heteroatoms. The maximum atomic E-state index is 13.6. The molecule has 8 nitrogen and oxygen atoms in total. The summed E-state index contributed by atoms with van der Waals surface area (Å²) in [6.45, 7) is 1.98. The molecule has 0 fully saturated rings. The van der Waals surface area contributed by atoms with E-state index in [4.69, 9.17) is 0 Å². The number of hydrogen-bond donors (Lipinski definition) is 2. The Balaban J connectivity index is 1.62. The summed E-state index contributed by atoms with van der Waals surface area (Å²) in [5.74, 6) is -0.761. The second-order valence-corrected chi connectivity index (χ2v) is 7.26. The van der Waals surface area contributed by atoms with E-state index in [9.17, 15) is 18.8 Å². The summed E-state index contributed by atoms with van der Waals surface area (Å²) in [4.78, 5) is 43.4. The van der Waals surface area contributed by atoms with Crippen LogP contribution in [0.4, 0.5) is 4.39 Å². The lowest BCUT2D eigenvalue weighted by Gasteiger charge is -2.10. The summed E-state index contributed by atoms with van der Waals surface area (Å²) < 4.78 is 16.7. The first-order valence-corrected chi connectivity index (χ1v) is 9.38. The fraction of sp³-hybridized carbons (Fsp3) is 0.238. The smallest absolute Gasteiger partial charge is 0.329 e. The number of aromatic nitrogens is 4. The molecule has 154 valence electrons. The number of fused-ring (bicyclic) bond motifs is 2. The second kappa shape index (κ2) is 7.25. The van der Waals surface area contributed by atoms with Gasteiger partial charge in [0.25, 0.3) is 11.5 Å². The first-order chi connectivity index (χ1) is 14.3. The second-order valence-electron chi connectivity index (χ2n) is 7.26. The van der Waals surface area contributed by atoms with Crippen LogP contribution in [-0.4, -0.2) is 31.6 Å². The molecule has 4 rings (SSSR count). The summed E-state index contributed by atoms with van der Waals surface area (Å²) in [5, 5.41) is 3.66. The van der Waals surface area contributed by atoms with E-state index in [1.54, 1.807) is 13.0 Å². The summed E-state index contributed by atoms with van der Waals surface area (Å²) in [6.07, 6.45) is 2.39. The van der Waals surface area contributed by atoms with E-state index in [2.05, 4.69) is 15.3 Å². The largest absolute Gasteiger partial charge is 0.352 e. The molecular weight excluding hydrogens is 389 g/mol. The molecule has 1 aromatic carbocycles. The molecule has 0 unspecified atom stereocenters. The van der Waals surface area contributed by atoms with Crippen molar-refractivity contribution in [2.75, 3.05) is 6.54 Å². The van der Waals surface area contributed by atoms with Crippen LogP contribution in [0.15, 0.2) is 40.1 Å². The highest BCUT2D eigenvalue weighted by Crippen LogP contribution is 2.22. The van der Waals surface area contributed by atoms with Crippen LogP contribution in [-0.2, 0) is 20.5 Å². The number of halogens is 1. The Bertz CT molecular complexity index is 1430. The lowest BCUT2D eigenvalue weighted by molar-refractivity contribution is 0.0955. The highest BCUT2D eigenvalue weighted by atomic mass is 19.1. The van der Waals surface area contributed by atoms with Crippen molar-refractivity contribution in [3.05, 3.63) is 73.9 Å². The highest BCUT2D eigenvalue weighted by molar-refractivity contribution is 6.05. The van der Waals surface area contributed by atoms with E-state index in [0.29, 0.717) is 18.7 Å². The first kappa shape index (κ1) is 19.6. The Kier molecular flexibility index (Phi) is 4.73. The van der Waals surface area contributed by atoms with Crippen molar-refractivity contribution in [3.63, 3.8) is 0 Å². The average Bonchev–Trinajstić information content (AvgIpc) is 3.00. The zero-order chi connectivity index (χ0) is 21.6. The van der Waals surface area contributed by atoms with Gasteiger partial charge in [-0.25, -0.2) is 14.2 Å². The minimum Gasteiger partial charge on any atom is -0.352 e. The number of benzene rings is 1. The van der Waals surface area contributed by atoms with E-state index >= 15 is 0 Å². The number of pyridine rings is 1. The number of H-pyrrole nitrogens is 1. The van der Waals surface area contributed by atoms with Gasteiger partial charge < -0.3 is 9.88 Å². The molecule has 3 heterocycles. The van der Waals surface area contributed by atoms with Crippen LogP contribution in [0.2, 0.25) is 0 Å². The molecule has 3 aromatic heterocycles. The lowest BCUT2D eigenvalue weighted by Crippen LogP contribution is -2.32. The minimum absolute atomic E-state index is 0.0624. The van der Waals surface area contributed by atoms with E-state index in [1.165, 1.54) is 29.8 Å². The van der Waals surface area contributed by atoms with Crippen molar-refractivity contribution in [1.29, 1.82) is 0 Å². The third kappa shape index (κ3) is 3.28. The molecule has 0 aliphatic heterocycles. The van der Waals surface area contributed by atoms with Gasteiger partial charge in [0.05, 0.1) is 10.9 Å². The van der Waals surface area contributed by atoms with Crippen molar-refractivity contribution in [3.8, 4) is 0 Å². The number of rotatable bonds is 4. The molecule has 1 amide bonds. The van der Waals surface area contributed by atoms with E-state index < -0.39 is 17.2 Å². The van der Waals surface area contributed by atoms with Crippen molar-refractivity contribution in [2.45, 2.75) is 13.3 Å².